The molecule has 0 amide bonds. The van der Waals surface area contributed by atoms with Crippen LogP contribution in [0.15, 0.2) is 11.0 Å². The molecule has 1 aromatic rings. The first-order valence-electron chi connectivity index (χ1n) is 6.27. The van der Waals surface area contributed by atoms with Crippen LogP contribution in [-0.4, -0.2) is 27.2 Å². The lowest BCUT2D eigenvalue weighted by molar-refractivity contribution is 0.0537. The molecule has 2 heterocycles. The standard InChI is InChI=1S/C12H20N2O3S2/c1-9-11(7-10(8-13)18-9)19(15,16)14-12(2)3-5-17-6-4-12/h7,14H,3-6,8,13H2,1-2H3. The minimum absolute atomic E-state index is 0.352. The zero-order valence-corrected chi connectivity index (χ0v) is 12.9. The number of thiophene rings is 1. The van der Waals surface area contributed by atoms with Crippen molar-refractivity contribution >= 4 is 21.4 Å². The highest BCUT2D eigenvalue weighted by Gasteiger charge is 2.33. The Hall–Kier alpha value is -0.470. The summed E-state index contributed by atoms with van der Waals surface area (Å²) >= 11 is 1.43. The molecule has 0 unspecified atom stereocenters. The number of sulfonamides is 1. The van der Waals surface area contributed by atoms with E-state index in [9.17, 15) is 8.42 Å². The number of nitrogens with one attached hydrogen (secondary N) is 1. The fourth-order valence-electron chi connectivity index (χ4n) is 2.19. The van der Waals surface area contributed by atoms with Crippen molar-refractivity contribution in [3.8, 4) is 0 Å². The molecule has 0 atom stereocenters. The average molecular weight is 304 g/mol. The second-order valence-electron chi connectivity index (χ2n) is 5.12. The Labute approximate surface area is 118 Å². The minimum Gasteiger partial charge on any atom is -0.381 e. The summed E-state index contributed by atoms with van der Waals surface area (Å²) in [5.41, 5.74) is 5.14. The molecule has 2 rings (SSSR count). The van der Waals surface area contributed by atoms with Gasteiger partial charge in [0, 0.05) is 35.1 Å². The van der Waals surface area contributed by atoms with Gasteiger partial charge in [0.1, 0.15) is 0 Å². The maximum Gasteiger partial charge on any atom is 0.242 e. The molecule has 19 heavy (non-hydrogen) atoms. The van der Waals surface area contributed by atoms with Gasteiger partial charge in [-0.15, -0.1) is 11.3 Å². The van der Waals surface area contributed by atoms with Crippen LogP contribution in [-0.2, 0) is 21.3 Å². The van der Waals surface area contributed by atoms with Crippen molar-refractivity contribution in [3.05, 3.63) is 15.8 Å². The molecule has 0 aliphatic carbocycles. The molecule has 3 N–H and O–H groups in total. The van der Waals surface area contributed by atoms with Gasteiger partial charge in [-0.05, 0) is 32.8 Å². The molecule has 0 saturated carbocycles. The maximum absolute atomic E-state index is 12.5. The molecule has 1 aliphatic rings. The van der Waals surface area contributed by atoms with E-state index < -0.39 is 15.6 Å². The third-order valence-corrected chi connectivity index (χ3v) is 6.36. The molecule has 1 aromatic heterocycles. The van der Waals surface area contributed by atoms with Crippen LogP contribution in [0.5, 0.6) is 0 Å². The topological polar surface area (TPSA) is 81.4 Å². The molecule has 1 fully saturated rings. The molecule has 5 nitrogen and oxygen atoms in total. The normalized spacial score (nSPS) is 19.5. The largest absolute Gasteiger partial charge is 0.381 e. The van der Waals surface area contributed by atoms with Crippen molar-refractivity contribution < 1.29 is 13.2 Å². The number of nitrogens with two attached hydrogens (primary N) is 1. The highest BCUT2D eigenvalue weighted by Crippen LogP contribution is 2.28. The summed E-state index contributed by atoms with van der Waals surface area (Å²) < 4.78 is 33.0. The Morgan fingerprint density at radius 1 is 1.47 bits per heavy atom. The van der Waals surface area contributed by atoms with Gasteiger partial charge < -0.3 is 10.5 Å². The van der Waals surface area contributed by atoms with Gasteiger partial charge in [0.15, 0.2) is 0 Å². The summed E-state index contributed by atoms with van der Waals surface area (Å²) in [4.78, 5) is 2.02. The summed E-state index contributed by atoms with van der Waals surface area (Å²) in [6, 6.07) is 1.67. The summed E-state index contributed by atoms with van der Waals surface area (Å²) in [6.07, 6.45) is 1.39. The van der Waals surface area contributed by atoms with E-state index in [1.54, 1.807) is 6.07 Å². The summed E-state index contributed by atoms with van der Waals surface area (Å²) in [5.74, 6) is 0. The monoisotopic (exact) mass is 304 g/mol. The van der Waals surface area contributed by atoms with Crippen molar-refractivity contribution in [3.63, 3.8) is 0 Å². The van der Waals surface area contributed by atoms with Crippen molar-refractivity contribution in [2.45, 2.75) is 43.7 Å². The van der Waals surface area contributed by atoms with Crippen LogP contribution in [0.1, 0.15) is 29.5 Å². The molecule has 0 spiro atoms. The van der Waals surface area contributed by atoms with E-state index in [1.165, 1.54) is 11.3 Å². The van der Waals surface area contributed by atoms with Gasteiger partial charge in [-0.3, -0.25) is 0 Å². The first kappa shape index (κ1) is 14.9. The second-order valence-corrected chi connectivity index (χ2v) is 8.11. The van der Waals surface area contributed by atoms with Crippen molar-refractivity contribution in [2.75, 3.05) is 13.2 Å². The van der Waals surface area contributed by atoms with E-state index in [0.29, 0.717) is 37.5 Å². The number of aryl methyl sites for hydroxylation is 1. The average Bonchev–Trinajstić information content (AvgIpc) is 2.71. The molecule has 108 valence electrons. The Morgan fingerprint density at radius 2 is 2.11 bits per heavy atom. The number of hydrogen-bond donors (Lipinski definition) is 2. The predicted octanol–water partition coefficient (Wildman–Crippen LogP) is 1.36. The highest BCUT2D eigenvalue weighted by molar-refractivity contribution is 7.89. The van der Waals surface area contributed by atoms with Gasteiger partial charge in [-0.25, -0.2) is 13.1 Å². The van der Waals surface area contributed by atoms with Crippen LogP contribution in [0.2, 0.25) is 0 Å². The van der Waals surface area contributed by atoms with Gasteiger partial charge in [0.25, 0.3) is 0 Å². The minimum atomic E-state index is -3.49. The SMILES string of the molecule is Cc1sc(CN)cc1S(=O)(=O)NC1(C)CCOCC1. The van der Waals surface area contributed by atoms with E-state index in [0.717, 1.165) is 9.75 Å². The summed E-state index contributed by atoms with van der Waals surface area (Å²) in [7, 11) is -3.49. The fraction of sp³-hybridized carbons (Fsp3) is 0.667. The molecule has 0 radical (unpaired) electrons. The third-order valence-electron chi connectivity index (χ3n) is 3.39. The molecular formula is C12H20N2O3S2. The number of hydrogen-bond acceptors (Lipinski definition) is 5. The Bertz CT molecular complexity index is 545. The van der Waals surface area contributed by atoms with E-state index >= 15 is 0 Å². The highest BCUT2D eigenvalue weighted by atomic mass is 32.2. The van der Waals surface area contributed by atoms with Crippen LogP contribution in [0.4, 0.5) is 0 Å². The van der Waals surface area contributed by atoms with E-state index in [2.05, 4.69) is 4.72 Å². The van der Waals surface area contributed by atoms with E-state index in [4.69, 9.17) is 10.5 Å². The van der Waals surface area contributed by atoms with Gasteiger partial charge in [-0.1, -0.05) is 0 Å². The van der Waals surface area contributed by atoms with Crippen LogP contribution >= 0.6 is 11.3 Å². The molecule has 0 bridgehead atoms. The molecule has 1 saturated heterocycles. The lowest BCUT2D eigenvalue weighted by Crippen LogP contribution is -2.49. The molecule has 0 aromatic carbocycles. The zero-order chi connectivity index (χ0) is 14.1. The summed E-state index contributed by atoms with van der Waals surface area (Å²) in [5, 5.41) is 0. The lowest BCUT2D eigenvalue weighted by Gasteiger charge is -2.33. The third kappa shape index (κ3) is 3.35. The van der Waals surface area contributed by atoms with Gasteiger partial charge in [0.05, 0.1) is 4.90 Å². The quantitative estimate of drug-likeness (QED) is 0.880. The maximum atomic E-state index is 12.5. The van der Waals surface area contributed by atoms with Crippen molar-refractivity contribution in [1.82, 2.24) is 4.72 Å². The first-order chi connectivity index (χ1) is 8.86. The van der Waals surface area contributed by atoms with Gasteiger partial charge >= 0.3 is 0 Å². The molecule has 7 heteroatoms. The Balaban J connectivity index is 2.24. The lowest BCUT2D eigenvalue weighted by atomic mass is 9.94. The fourth-order valence-corrected chi connectivity index (χ4v) is 5.18. The number of ether oxygens (including phenoxy) is 1. The van der Waals surface area contributed by atoms with Crippen LogP contribution in [0.3, 0.4) is 0 Å². The predicted molar refractivity (Wildman–Crippen MR) is 75.7 cm³/mol. The van der Waals surface area contributed by atoms with Crippen molar-refractivity contribution in [1.29, 1.82) is 0 Å². The van der Waals surface area contributed by atoms with Crippen molar-refractivity contribution in [2.24, 2.45) is 5.73 Å². The molecular weight excluding hydrogens is 284 g/mol. The Kier molecular flexibility index (Phi) is 4.32. The van der Waals surface area contributed by atoms with Crippen LogP contribution < -0.4 is 10.5 Å². The van der Waals surface area contributed by atoms with E-state index in [1.807, 2.05) is 13.8 Å². The van der Waals surface area contributed by atoms with Crippen LogP contribution in [0.25, 0.3) is 0 Å². The summed E-state index contributed by atoms with van der Waals surface area (Å²) in [6.45, 7) is 5.29. The first-order valence-corrected chi connectivity index (χ1v) is 8.57. The van der Waals surface area contributed by atoms with Gasteiger partial charge in [0.2, 0.25) is 10.0 Å². The van der Waals surface area contributed by atoms with Crippen LogP contribution in [0, 0.1) is 6.92 Å². The second kappa shape index (κ2) is 5.49. The van der Waals surface area contributed by atoms with E-state index in [-0.39, 0.29) is 0 Å². The smallest absolute Gasteiger partial charge is 0.242 e. The zero-order valence-electron chi connectivity index (χ0n) is 11.2. The molecule has 1 aliphatic heterocycles. The number of rotatable bonds is 4. The Morgan fingerprint density at radius 3 is 2.63 bits per heavy atom. The van der Waals surface area contributed by atoms with Gasteiger partial charge in [-0.2, -0.15) is 0 Å².